The lowest BCUT2D eigenvalue weighted by Gasteiger charge is -2.25. The van der Waals surface area contributed by atoms with Gasteiger partial charge in [0.05, 0.1) is 5.41 Å². The van der Waals surface area contributed by atoms with Gasteiger partial charge in [-0.05, 0) is 24.3 Å². The van der Waals surface area contributed by atoms with Crippen LogP contribution >= 0.6 is 11.3 Å². The SMILES string of the molecule is CCCC(C=O)(CCC)c1cccs1. The lowest BCUT2D eigenvalue weighted by molar-refractivity contribution is -0.113. The van der Waals surface area contributed by atoms with Crippen LogP contribution in [-0.2, 0) is 10.2 Å². The summed E-state index contributed by atoms with van der Waals surface area (Å²) in [5.74, 6) is 0. The van der Waals surface area contributed by atoms with E-state index < -0.39 is 0 Å². The standard InChI is InChI=1S/C12H18OS/c1-3-7-12(10-13,8-4-2)11-6-5-9-14-11/h5-6,9-10H,3-4,7-8H2,1-2H3. The van der Waals surface area contributed by atoms with Gasteiger partial charge in [-0.3, -0.25) is 0 Å². The molecule has 0 atom stereocenters. The fourth-order valence-electron chi connectivity index (χ4n) is 2.00. The third-order valence-electron chi connectivity index (χ3n) is 2.63. The molecule has 1 heterocycles. The molecule has 0 saturated carbocycles. The molecule has 0 unspecified atom stereocenters. The molecule has 0 amide bonds. The molecule has 78 valence electrons. The molecule has 1 rings (SSSR count). The predicted molar refractivity (Wildman–Crippen MR) is 61.9 cm³/mol. The van der Waals surface area contributed by atoms with Gasteiger partial charge < -0.3 is 4.79 Å². The average molecular weight is 210 g/mol. The van der Waals surface area contributed by atoms with E-state index in [1.165, 1.54) is 4.88 Å². The predicted octanol–water partition coefficient (Wildman–Crippen LogP) is 3.79. The minimum Gasteiger partial charge on any atom is -0.302 e. The van der Waals surface area contributed by atoms with Gasteiger partial charge in [0.15, 0.2) is 0 Å². The highest BCUT2D eigenvalue weighted by molar-refractivity contribution is 7.10. The van der Waals surface area contributed by atoms with Gasteiger partial charge >= 0.3 is 0 Å². The number of carbonyl (C=O) groups is 1. The highest BCUT2D eigenvalue weighted by atomic mass is 32.1. The Bertz CT molecular complexity index is 258. The Morgan fingerprint density at radius 3 is 2.36 bits per heavy atom. The maximum Gasteiger partial charge on any atom is 0.131 e. The van der Waals surface area contributed by atoms with E-state index >= 15 is 0 Å². The smallest absolute Gasteiger partial charge is 0.131 e. The summed E-state index contributed by atoms with van der Waals surface area (Å²) in [6.45, 7) is 4.28. The van der Waals surface area contributed by atoms with Crippen LogP contribution in [0.3, 0.4) is 0 Å². The van der Waals surface area contributed by atoms with Crippen molar-refractivity contribution in [3.8, 4) is 0 Å². The molecule has 0 aliphatic heterocycles. The van der Waals surface area contributed by atoms with Gasteiger partial charge in [-0.25, -0.2) is 0 Å². The van der Waals surface area contributed by atoms with Crippen molar-refractivity contribution in [2.75, 3.05) is 0 Å². The van der Waals surface area contributed by atoms with Crippen LogP contribution in [0.4, 0.5) is 0 Å². The minimum absolute atomic E-state index is 0.197. The topological polar surface area (TPSA) is 17.1 Å². The highest BCUT2D eigenvalue weighted by Gasteiger charge is 2.30. The number of rotatable bonds is 6. The molecule has 0 N–H and O–H groups in total. The van der Waals surface area contributed by atoms with Crippen LogP contribution in [0.5, 0.6) is 0 Å². The van der Waals surface area contributed by atoms with Crippen molar-refractivity contribution in [1.29, 1.82) is 0 Å². The fourth-order valence-corrected chi connectivity index (χ4v) is 2.95. The van der Waals surface area contributed by atoms with E-state index in [4.69, 9.17) is 0 Å². The molecule has 0 saturated heterocycles. The largest absolute Gasteiger partial charge is 0.302 e. The second-order valence-electron chi connectivity index (χ2n) is 3.75. The van der Waals surface area contributed by atoms with Crippen molar-refractivity contribution < 1.29 is 4.79 Å². The zero-order valence-electron chi connectivity index (χ0n) is 8.95. The van der Waals surface area contributed by atoms with Crippen molar-refractivity contribution in [3.05, 3.63) is 22.4 Å². The summed E-state index contributed by atoms with van der Waals surface area (Å²) >= 11 is 1.70. The van der Waals surface area contributed by atoms with Gasteiger partial charge in [0.1, 0.15) is 6.29 Å². The Hall–Kier alpha value is -0.630. The first-order valence-corrected chi connectivity index (χ1v) is 6.17. The summed E-state index contributed by atoms with van der Waals surface area (Å²) in [4.78, 5) is 12.5. The summed E-state index contributed by atoms with van der Waals surface area (Å²) in [5, 5.41) is 2.05. The summed E-state index contributed by atoms with van der Waals surface area (Å²) in [7, 11) is 0. The third kappa shape index (κ3) is 2.24. The monoisotopic (exact) mass is 210 g/mol. The molecule has 0 fully saturated rings. The summed E-state index contributed by atoms with van der Waals surface area (Å²) < 4.78 is 0. The van der Waals surface area contributed by atoms with E-state index in [1.807, 2.05) is 6.07 Å². The van der Waals surface area contributed by atoms with E-state index in [0.717, 1.165) is 32.0 Å². The van der Waals surface area contributed by atoms with E-state index in [0.29, 0.717) is 0 Å². The normalized spacial score (nSPS) is 11.6. The van der Waals surface area contributed by atoms with Gasteiger partial charge in [0.25, 0.3) is 0 Å². The van der Waals surface area contributed by atoms with Crippen molar-refractivity contribution in [2.24, 2.45) is 0 Å². The zero-order valence-corrected chi connectivity index (χ0v) is 9.77. The first-order chi connectivity index (χ1) is 6.79. The van der Waals surface area contributed by atoms with Crippen molar-refractivity contribution in [1.82, 2.24) is 0 Å². The van der Waals surface area contributed by atoms with Crippen molar-refractivity contribution >= 4 is 17.6 Å². The van der Waals surface area contributed by atoms with Crippen molar-refractivity contribution in [2.45, 2.75) is 44.9 Å². The van der Waals surface area contributed by atoms with Gasteiger partial charge in [-0.15, -0.1) is 11.3 Å². The van der Waals surface area contributed by atoms with Crippen LogP contribution in [-0.4, -0.2) is 6.29 Å². The molecule has 0 aliphatic rings. The van der Waals surface area contributed by atoms with Crippen LogP contribution in [0.15, 0.2) is 17.5 Å². The molecule has 1 aromatic heterocycles. The van der Waals surface area contributed by atoms with E-state index in [9.17, 15) is 4.79 Å². The van der Waals surface area contributed by atoms with Crippen LogP contribution in [0.2, 0.25) is 0 Å². The molecule has 0 aromatic carbocycles. The van der Waals surface area contributed by atoms with Gasteiger partial charge in [-0.2, -0.15) is 0 Å². The lowest BCUT2D eigenvalue weighted by Crippen LogP contribution is -2.26. The van der Waals surface area contributed by atoms with E-state index in [-0.39, 0.29) is 5.41 Å². The molecular weight excluding hydrogens is 192 g/mol. The zero-order chi connectivity index (χ0) is 10.4. The molecule has 1 nitrogen and oxygen atoms in total. The number of carbonyl (C=O) groups excluding carboxylic acids is 1. The molecule has 0 radical (unpaired) electrons. The fraction of sp³-hybridized carbons (Fsp3) is 0.583. The molecule has 0 bridgehead atoms. The molecule has 14 heavy (non-hydrogen) atoms. The van der Waals surface area contributed by atoms with Crippen LogP contribution < -0.4 is 0 Å². The van der Waals surface area contributed by atoms with E-state index in [1.54, 1.807) is 11.3 Å². The quantitative estimate of drug-likeness (QED) is 0.653. The summed E-state index contributed by atoms with van der Waals surface area (Å²) in [5.41, 5.74) is -0.197. The second kappa shape index (κ2) is 5.30. The van der Waals surface area contributed by atoms with Gasteiger partial charge in [-0.1, -0.05) is 32.8 Å². The Kier molecular flexibility index (Phi) is 4.33. The maximum atomic E-state index is 11.3. The van der Waals surface area contributed by atoms with Crippen LogP contribution in [0.25, 0.3) is 0 Å². The number of aldehydes is 1. The van der Waals surface area contributed by atoms with Crippen LogP contribution in [0.1, 0.15) is 44.4 Å². The number of thiophene rings is 1. The minimum atomic E-state index is -0.197. The van der Waals surface area contributed by atoms with Crippen LogP contribution in [0, 0.1) is 0 Å². The molecule has 1 aromatic rings. The second-order valence-corrected chi connectivity index (χ2v) is 4.70. The Balaban J connectivity index is 2.94. The first kappa shape index (κ1) is 11.4. The van der Waals surface area contributed by atoms with Gasteiger partial charge in [0, 0.05) is 4.88 Å². The Morgan fingerprint density at radius 2 is 2.00 bits per heavy atom. The molecular formula is C12H18OS. The average Bonchev–Trinajstić information content (AvgIpc) is 2.70. The van der Waals surface area contributed by atoms with E-state index in [2.05, 4.69) is 25.3 Å². The molecule has 0 spiro atoms. The molecule has 0 aliphatic carbocycles. The maximum absolute atomic E-state index is 11.3. The number of hydrogen-bond acceptors (Lipinski definition) is 2. The third-order valence-corrected chi connectivity index (χ3v) is 3.72. The summed E-state index contributed by atoms with van der Waals surface area (Å²) in [6.07, 6.45) is 5.24. The Labute approximate surface area is 90.2 Å². The first-order valence-electron chi connectivity index (χ1n) is 5.29. The van der Waals surface area contributed by atoms with Crippen molar-refractivity contribution in [3.63, 3.8) is 0 Å². The Morgan fingerprint density at radius 1 is 1.36 bits per heavy atom. The van der Waals surface area contributed by atoms with Gasteiger partial charge in [0.2, 0.25) is 0 Å². The highest BCUT2D eigenvalue weighted by Crippen LogP contribution is 2.35. The molecule has 2 heteroatoms. The summed E-state index contributed by atoms with van der Waals surface area (Å²) in [6, 6.07) is 4.12. The number of hydrogen-bond donors (Lipinski definition) is 0. The lowest BCUT2D eigenvalue weighted by atomic mass is 9.79.